The van der Waals surface area contributed by atoms with Gasteiger partial charge >= 0.3 is 11.9 Å². The maximum Gasteiger partial charge on any atom is 0.337 e. The maximum absolute atomic E-state index is 13.3. The molecule has 1 amide bonds. The monoisotopic (exact) mass is 442 g/mol. The summed E-state index contributed by atoms with van der Waals surface area (Å²) in [6.45, 7) is 0.540. The predicted molar refractivity (Wildman–Crippen MR) is 105 cm³/mol. The Morgan fingerprint density at radius 1 is 1.10 bits per heavy atom. The number of amides is 1. The van der Waals surface area contributed by atoms with Gasteiger partial charge in [0.15, 0.2) is 0 Å². The largest absolute Gasteiger partial charge is 0.465 e. The smallest absolute Gasteiger partial charge is 0.337 e. The Balaban J connectivity index is 1.93. The van der Waals surface area contributed by atoms with E-state index in [0.29, 0.717) is 18.2 Å². The Morgan fingerprint density at radius 2 is 1.69 bits per heavy atom. The number of hydrogen-bond donors (Lipinski definition) is 1. The number of carbonyl (C=O) groups is 3. The summed E-state index contributed by atoms with van der Waals surface area (Å²) in [4.78, 5) is 36.2. The number of sulfonamides is 1. The number of nitrogens with one attached hydrogen (secondary N) is 1. The summed E-state index contributed by atoms with van der Waals surface area (Å²) in [5, 5.41) is 2.81. The Bertz CT molecular complexity index is 894. The standard InChI is InChI=1S/C18H22N2O7S2/c1-26-17(22)12-5-13(18(23)27-2)7-14(6-12)29(24,25)20-10-28-9-15(20)16(21)19-8-11-3-4-11/h5-7,11,15H,3-4,8-10H2,1-2H3,(H,19,21). The van der Waals surface area contributed by atoms with Gasteiger partial charge in [-0.25, -0.2) is 18.0 Å². The SMILES string of the molecule is COC(=O)c1cc(C(=O)OC)cc(S(=O)(=O)N2CSCC2C(=O)NCC2CC2)c1. The molecule has 1 aliphatic heterocycles. The minimum Gasteiger partial charge on any atom is -0.465 e. The van der Waals surface area contributed by atoms with Crippen molar-refractivity contribution in [1.29, 1.82) is 0 Å². The average Bonchev–Trinajstić information content (AvgIpc) is 3.42. The van der Waals surface area contributed by atoms with Gasteiger partial charge in [-0.05, 0) is 37.0 Å². The van der Waals surface area contributed by atoms with E-state index >= 15 is 0 Å². The Labute approximate surface area is 173 Å². The van der Waals surface area contributed by atoms with Crippen molar-refractivity contribution < 1.29 is 32.3 Å². The second kappa shape index (κ2) is 8.72. The predicted octanol–water partition coefficient (Wildman–Crippen LogP) is 0.850. The molecule has 9 nitrogen and oxygen atoms in total. The fraction of sp³-hybridized carbons (Fsp3) is 0.500. The number of esters is 2. The van der Waals surface area contributed by atoms with Crippen molar-refractivity contribution in [3.63, 3.8) is 0 Å². The van der Waals surface area contributed by atoms with Crippen molar-refractivity contribution in [2.45, 2.75) is 23.8 Å². The summed E-state index contributed by atoms with van der Waals surface area (Å²) in [5.41, 5.74) is -0.203. The highest BCUT2D eigenvalue weighted by atomic mass is 32.2. The zero-order valence-electron chi connectivity index (χ0n) is 16.0. The molecule has 1 heterocycles. The van der Waals surface area contributed by atoms with Crippen LogP contribution in [0.4, 0.5) is 0 Å². The van der Waals surface area contributed by atoms with E-state index in [-0.39, 0.29) is 27.8 Å². The molecule has 1 aliphatic carbocycles. The zero-order valence-corrected chi connectivity index (χ0v) is 17.7. The lowest BCUT2D eigenvalue weighted by Gasteiger charge is -2.23. The summed E-state index contributed by atoms with van der Waals surface area (Å²) >= 11 is 1.32. The van der Waals surface area contributed by atoms with Crippen LogP contribution in [0.2, 0.25) is 0 Å². The number of ether oxygens (including phenoxy) is 2. The molecule has 0 bridgehead atoms. The van der Waals surface area contributed by atoms with Gasteiger partial charge in [-0.2, -0.15) is 4.31 Å². The third kappa shape index (κ3) is 4.73. The van der Waals surface area contributed by atoms with E-state index in [4.69, 9.17) is 0 Å². The molecule has 1 aromatic carbocycles. The van der Waals surface area contributed by atoms with Gasteiger partial charge in [-0.15, -0.1) is 11.8 Å². The van der Waals surface area contributed by atoms with Gasteiger partial charge in [0.1, 0.15) is 6.04 Å². The first kappa shape index (κ1) is 21.6. The number of nitrogens with zero attached hydrogens (tertiary/aromatic N) is 1. The molecule has 158 valence electrons. The summed E-state index contributed by atoms with van der Waals surface area (Å²) in [6.07, 6.45) is 2.14. The third-order valence-electron chi connectivity index (χ3n) is 4.76. The highest BCUT2D eigenvalue weighted by Gasteiger charge is 2.41. The summed E-state index contributed by atoms with van der Waals surface area (Å²) < 4.78 is 36.9. The van der Waals surface area contributed by atoms with Crippen molar-refractivity contribution in [3.8, 4) is 0 Å². The first-order valence-corrected chi connectivity index (χ1v) is 11.6. The number of rotatable bonds is 7. The number of hydrogen-bond acceptors (Lipinski definition) is 8. The first-order valence-electron chi connectivity index (χ1n) is 8.97. The molecule has 1 atom stereocenters. The lowest BCUT2D eigenvalue weighted by Crippen LogP contribution is -2.47. The van der Waals surface area contributed by atoms with Crippen molar-refractivity contribution in [2.24, 2.45) is 5.92 Å². The zero-order chi connectivity index (χ0) is 21.2. The van der Waals surface area contributed by atoms with E-state index < -0.39 is 28.0 Å². The molecule has 3 rings (SSSR count). The van der Waals surface area contributed by atoms with E-state index in [1.807, 2.05) is 0 Å². The number of benzene rings is 1. The molecule has 1 aromatic rings. The molecule has 11 heteroatoms. The van der Waals surface area contributed by atoms with E-state index in [2.05, 4.69) is 14.8 Å². The summed E-state index contributed by atoms with van der Waals surface area (Å²) in [6, 6.07) is 2.62. The Hall–Kier alpha value is -2.11. The minimum absolute atomic E-state index is 0.0971. The van der Waals surface area contributed by atoms with Crippen LogP contribution in [0.25, 0.3) is 0 Å². The topological polar surface area (TPSA) is 119 Å². The van der Waals surface area contributed by atoms with Gasteiger partial charge in [0.2, 0.25) is 15.9 Å². The van der Waals surface area contributed by atoms with Gasteiger partial charge < -0.3 is 14.8 Å². The van der Waals surface area contributed by atoms with Crippen molar-refractivity contribution in [3.05, 3.63) is 29.3 Å². The van der Waals surface area contributed by atoms with Crippen LogP contribution in [0.15, 0.2) is 23.1 Å². The van der Waals surface area contributed by atoms with Crippen LogP contribution in [-0.4, -0.2) is 69.0 Å². The average molecular weight is 443 g/mol. The molecule has 2 fully saturated rings. The lowest BCUT2D eigenvalue weighted by molar-refractivity contribution is -0.123. The van der Waals surface area contributed by atoms with E-state index in [1.54, 1.807) is 0 Å². The Kier molecular flexibility index (Phi) is 6.49. The van der Waals surface area contributed by atoms with Crippen LogP contribution < -0.4 is 5.32 Å². The van der Waals surface area contributed by atoms with Crippen LogP contribution in [0.5, 0.6) is 0 Å². The molecular formula is C18H22N2O7S2. The second-order valence-corrected chi connectivity index (χ2v) is 9.72. The van der Waals surface area contributed by atoms with Crippen LogP contribution >= 0.6 is 11.8 Å². The quantitative estimate of drug-likeness (QED) is 0.618. The maximum atomic E-state index is 13.3. The number of methoxy groups -OCH3 is 2. The highest BCUT2D eigenvalue weighted by Crippen LogP contribution is 2.31. The van der Waals surface area contributed by atoms with Gasteiger partial charge in [0.05, 0.1) is 36.1 Å². The van der Waals surface area contributed by atoms with Crippen LogP contribution in [0, 0.1) is 5.92 Å². The molecule has 1 saturated carbocycles. The molecule has 1 unspecified atom stereocenters. The van der Waals surface area contributed by atoms with Gasteiger partial charge in [-0.1, -0.05) is 0 Å². The molecule has 0 radical (unpaired) electrons. The van der Waals surface area contributed by atoms with E-state index in [9.17, 15) is 22.8 Å². The second-order valence-electron chi connectivity index (χ2n) is 6.83. The number of thioether (sulfide) groups is 1. The molecule has 0 aromatic heterocycles. The third-order valence-corrected chi connectivity index (χ3v) is 7.77. The lowest BCUT2D eigenvalue weighted by atomic mass is 10.1. The molecule has 0 spiro atoms. The van der Waals surface area contributed by atoms with Gasteiger partial charge in [0.25, 0.3) is 0 Å². The van der Waals surface area contributed by atoms with Crippen LogP contribution in [-0.2, 0) is 24.3 Å². The molecule has 1 saturated heterocycles. The molecular weight excluding hydrogens is 420 g/mol. The Morgan fingerprint density at radius 3 is 2.21 bits per heavy atom. The normalized spacial score (nSPS) is 19.6. The molecule has 29 heavy (non-hydrogen) atoms. The molecule has 1 N–H and O–H groups in total. The van der Waals surface area contributed by atoms with E-state index in [0.717, 1.165) is 43.5 Å². The highest BCUT2D eigenvalue weighted by molar-refractivity contribution is 8.00. The number of carbonyl (C=O) groups excluding carboxylic acids is 3. The van der Waals surface area contributed by atoms with Crippen LogP contribution in [0.3, 0.4) is 0 Å². The minimum atomic E-state index is -4.15. The van der Waals surface area contributed by atoms with Gasteiger partial charge in [0, 0.05) is 12.3 Å². The first-order chi connectivity index (χ1) is 13.8. The summed E-state index contributed by atoms with van der Waals surface area (Å²) in [5.74, 6) is -1.03. The van der Waals surface area contributed by atoms with Crippen LogP contribution in [0.1, 0.15) is 33.6 Å². The van der Waals surface area contributed by atoms with Crippen molar-refractivity contribution in [1.82, 2.24) is 9.62 Å². The van der Waals surface area contributed by atoms with Crippen molar-refractivity contribution >= 4 is 39.6 Å². The van der Waals surface area contributed by atoms with E-state index in [1.165, 1.54) is 17.8 Å². The fourth-order valence-electron chi connectivity index (χ4n) is 2.91. The molecule has 2 aliphatic rings. The summed E-state index contributed by atoms with van der Waals surface area (Å²) in [7, 11) is -1.85. The van der Waals surface area contributed by atoms with Gasteiger partial charge in [-0.3, -0.25) is 4.79 Å². The fourth-order valence-corrected chi connectivity index (χ4v) is 6.13. The van der Waals surface area contributed by atoms with Crippen molar-refractivity contribution in [2.75, 3.05) is 32.4 Å².